The Labute approximate surface area is 99.8 Å². The fourth-order valence-electron chi connectivity index (χ4n) is 1.34. The maximum atomic E-state index is 9.55. The molecule has 0 spiro atoms. The third kappa shape index (κ3) is 3.98. The lowest BCUT2D eigenvalue weighted by Gasteiger charge is -2.12. The molecule has 0 aliphatic rings. The van der Waals surface area contributed by atoms with Crippen molar-refractivity contribution >= 4 is 11.6 Å². The van der Waals surface area contributed by atoms with Crippen LogP contribution in [-0.2, 0) is 11.3 Å². The number of benzene rings is 1. The van der Waals surface area contributed by atoms with Gasteiger partial charge in [-0.2, -0.15) is 0 Å². The van der Waals surface area contributed by atoms with E-state index in [1.54, 1.807) is 18.2 Å². The summed E-state index contributed by atoms with van der Waals surface area (Å²) in [6, 6.07) is 4.97. The molecule has 90 valence electrons. The van der Waals surface area contributed by atoms with E-state index in [9.17, 15) is 10.2 Å². The monoisotopic (exact) mass is 245 g/mol. The van der Waals surface area contributed by atoms with Crippen LogP contribution in [0.15, 0.2) is 18.2 Å². The first kappa shape index (κ1) is 13.3. The largest absolute Gasteiger partial charge is 0.508 e. The highest BCUT2D eigenvalue weighted by molar-refractivity contribution is 6.31. The van der Waals surface area contributed by atoms with Gasteiger partial charge in [0.2, 0.25) is 0 Å². The Morgan fingerprint density at radius 2 is 2.25 bits per heavy atom. The van der Waals surface area contributed by atoms with E-state index < -0.39 is 6.10 Å². The average Bonchev–Trinajstić information content (AvgIpc) is 2.23. The molecule has 0 amide bonds. The van der Waals surface area contributed by atoms with Gasteiger partial charge in [0, 0.05) is 30.8 Å². The highest BCUT2D eigenvalue weighted by Gasteiger charge is 2.07. The van der Waals surface area contributed by atoms with Crippen LogP contribution in [-0.4, -0.2) is 36.6 Å². The van der Waals surface area contributed by atoms with Gasteiger partial charge in [0.05, 0.1) is 12.7 Å². The molecule has 0 aromatic heterocycles. The van der Waals surface area contributed by atoms with Gasteiger partial charge in [-0.3, -0.25) is 0 Å². The molecule has 1 atom stereocenters. The molecule has 0 aliphatic heterocycles. The van der Waals surface area contributed by atoms with Crippen molar-refractivity contribution < 1.29 is 14.9 Å². The van der Waals surface area contributed by atoms with Crippen LogP contribution >= 0.6 is 11.6 Å². The lowest BCUT2D eigenvalue weighted by molar-refractivity contribution is 0.0644. The minimum absolute atomic E-state index is 0.154. The number of phenols is 1. The number of phenolic OH excluding ortho intramolecular Hbond substituents is 1. The predicted molar refractivity (Wildman–Crippen MR) is 62.7 cm³/mol. The summed E-state index contributed by atoms with van der Waals surface area (Å²) in [4.78, 5) is 0. The molecule has 0 fully saturated rings. The maximum absolute atomic E-state index is 9.55. The summed E-state index contributed by atoms with van der Waals surface area (Å²) in [5.41, 5.74) is 0.633. The van der Waals surface area contributed by atoms with Crippen molar-refractivity contribution in [2.45, 2.75) is 12.6 Å². The molecule has 0 radical (unpaired) electrons. The van der Waals surface area contributed by atoms with Gasteiger partial charge in [-0.25, -0.2) is 0 Å². The van der Waals surface area contributed by atoms with Crippen LogP contribution in [0.4, 0.5) is 0 Å². The summed E-state index contributed by atoms with van der Waals surface area (Å²) in [6.07, 6.45) is -0.561. The molecule has 0 bridgehead atoms. The predicted octanol–water partition coefficient (Wildman–Crippen LogP) is 1.14. The molecule has 16 heavy (non-hydrogen) atoms. The Balaban J connectivity index is 2.43. The summed E-state index contributed by atoms with van der Waals surface area (Å²) in [5.74, 6) is 0.154. The highest BCUT2D eigenvalue weighted by Crippen LogP contribution is 2.24. The molecule has 5 heteroatoms. The molecule has 1 rings (SSSR count). The van der Waals surface area contributed by atoms with Crippen molar-refractivity contribution in [1.82, 2.24) is 5.32 Å². The third-order valence-corrected chi connectivity index (χ3v) is 2.49. The summed E-state index contributed by atoms with van der Waals surface area (Å²) in [7, 11) is 1.53. The Morgan fingerprint density at radius 3 is 2.88 bits per heavy atom. The average molecular weight is 246 g/mol. The van der Waals surface area contributed by atoms with Crippen LogP contribution in [0.25, 0.3) is 0 Å². The van der Waals surface area contributed by atoms with Crippen LogP contribution < -0.4 is 5.32 Å². The second kappa shape index (κ2) is 6.70. The number of ether oxygens (including phenoxy) is 1. The van der Waals surface area contributed by atoms with Crippen molar-refractivity contribution in [3.8, 4) is 5.75 Å². The van der Waals surface area contributed by atoms with Crippen molar-refractivity contribution in [3.05, 3.63) is 28.8 Å². The minimum atomic E-state index is -0.561. The Bertz CT molecular complexity index is 313. The number of nitrogens with one attached hydrogen (secondary N) is 1. The maximum Gasteiger partial charge on any atom is 0.121 e. The van der Waals surface area contributed by atoms with Crippen molar-refractivity contribution in [2.24, 2.45) is 0 Å². The first-order valence-corrected chi connectivity index (χ1v) is 5.37. The number of aromatic hydroxyl groups is 1. The van der Waals surface area contributed by atoms with Crippen LogP contribution in [0.2, 0.25) is 5.02 Å². The number of methoxy groups -OCH3 is 1. The molecule has 0 saturated carbocycles. The van der Waals surface area contributed by atoms with E-state index in [1.807, 2.05) is 0 Å². The summed E-state index contributed by atoms with van der Waals surface area (Å²) in [5, 5.41) is 22.4. The topological polar surface area (TPSA) is 61.7 Å². The van der Waals surface area contributed by atoms with E-state index in [0.29, 0.717) is 23.7 Å². The van der Waals surface area contributed by atoms with E-state index in [0.717, 1.165) is 0 Å². The standard InChI is InChI=1S/C11H16ClNO3/c1-16-7-8(14)5-13-6-9-10(12)3-2-4-11(9)15/h2-4,8,13-15H,5-7H2,1H3. The quantitative estimate of drug-likeness (QED) is 0.704. The minimum Gasteiger partial charge on any atom is -0.508 e. The second-order valence-corrected chi connectivity index (χ2v) is 3.88. The summed E-state index contributed by atoms with van der Waals surface area (Å²) < 4.78 is 4.79. The first-order valence-electron chi connectivity index (χ1n) is 4.99. The van der Waals surface area contributed by atoms with Crippen molar-refractivity contribution in [1.29, 1.82) is 0 Å². The van der Waals surface area contributed by atoms with E-state index >= 15 is 0 Å². The smallest absolute Gasteiger partial charge is 0.121 e. The second-order valence-electron chi connectivity index (χ2n) is 3.48. The molecule has 4 nitrogen and oxygen atoms in total. The van der Waals surface area contributed by atoms with Gasteiger partial charge in [0.15, 0.2) is 0 Å². The molecular weight excluding hydrogens is 230 g/mol. The van der Waals surface area contributed by atoms with E-state index in [1.165, 1.54) is 7.11 Å². The van der Waals surface area contributed by atoms with Gasteiger partial charge >= 0.3 is 0 Å². The number of aliphatic hydroxyl groups is 1. The third-order valence-electron chi connectivity index (χ3n) is 2.13. The Kier molecular flexibility index (Phi) is 5.55. The zero-order valence-electron chi connectivity index (χ0n) is 9.11. The Hall–Kier alpha value is -0.810. The van der Waals surface area contributed by atoms with Gasteiger partial charge in [-0.15, -0.1) is 0 Å². The fraction of sp³-hybridized carbons (Fsp3) is 0.455. The van der Waals surface area contributed by atoms with Crippen molar-refractivity contribution in [2.75, 3.05) is 20.3 Å². The molecule has 1 aromatic carbocycles. The molecule has 3 N–H and O–H groups in total. The zero-order valence-corrected chi connectivity index (χ0v) is 9.87. The molecule has 0 heterocycles. The van der Waals surface area contributed by atoms with Crippen LogP contribution in [0.1, 0.15) is 5.56 Å². The lowest BCUT2D eigenvalue weighted by atomic mass is 10.2. The van der Waals surface area contributed by atoms with E-state index in [4.69, 9.17) is 16.3 Å². The van der Waals surface area contributed by atoms with Gasteiger partial charge in [0.25, 0.3) is 0 Å². The summed E-state index contributed by atoms with van der Waals surface area (Å²) >= 11 is 5.92. The number of aliphatic hydroxyl groups excluding tert-OH is 1. The SMILES string of the molecule is COCC(O)CNCc1c(O)cccc1Cl. The molecule has 0 aliphatic carbocycles. The molecular formula is C11H16ClNO3. The lowest BCUT2D eigenvalue weighted by Crippen LogP contribution is -2.29. The highest BCUT2D eigenvalue weighted by atomic mass is 35.5. The van der Waals surface area contributed by atoms with Gasteiger partial charge in [0.1, 0.15) is 5.75 Å². The molecule has 1 unspecified atom stereocenters. The van der Waals surface area contributed by atoms with Crippen LogP contribution in [0.3, 0.4) is 0 Å². The number of rotatable bonds is 6. The van der Waals surface area contributed by atoms with Crippen LogP contribution in [0, 0.1) is 0 Å². The number of halogens is 1. The first-order chi connectivity index (χ1) is 7.65. The molecule has 0 saturated heterocycles. The summed E-state index contributed by atoms with van der Waals surface area (Å²) in [6.45, 7) is 1.08. The van der Waals surface area contributed by atoms with Crippen molar-refractivity contribution in [3.63, 3.8) is 0 Å². The number of hydrogen-bond acceptors (Lipinski definition) is 4. The van der Waals surface area contributed by atoms with E-state index in [-0.39, 0.29) is 12.4 Å². The fourth-order valence-corrected chi connectivity index (χ4v) is 1.57. The Morgan fingerprint density at radius 1 is 1.50 bits per heavy atom. The number of hydrogen-bond donors (Lipinski definition) is 3. The zero-order chi connectivity index (χ0) is 12.0. The van der Waals surface area contributed by atoms with Gasteiger partial charge in [-0.05, 0) is 12.1 Å². The van der Waals surface area contributed by atoms with Gasteiger partial charge in [-0.1, -0.05) is 17.7 Å². The van der Waals surface area contributed by atoms with Gasteiger partial charge < -0.3 is 20.3 Å². The van der Waals surface area contributed by atoms with Crippen LogP contribution in [0.5, 0.6) is 5.75 Å². The van der Waals surface area contributed by atoms with E-state index in [2.05, 4.69) is 5.32 Å². The normalized spacial score (nSPS) is 12.7. The molecule has 1 aromatic rings.